The zero-order valence-electron chi connectivity index (χ0n) is 14.8. The van der Waals surface area contributed by atoms with Crippen LogP contribution in [0.1, 0.15) is 33.3 Å². The Bertz CT molecular complexity index is 689. The number of benzene rings is 2. The lowest BCUT2D eigenvalue weighted by molar-refractivity contribution is -0.118. The quantitative estimate of drug-likeness (QED) is 0.855. The standard InChI is InChI=1S/C20H25NO3/c1-5-23-17-12-8-9-13-18(17)24-14-19(22)21-16-11-7-6-10-15(16)20(2,3)4/h6-13H,5,14H2,1-4H3,(H,21,22). The number of para-hydroxylation sites is 3. The van der Waals surface area contributed by atoms with Crippen LogP contribution in [0.25, 0.3) is 0 Å². The van der Waals surface area contributed by atoms with Crippen molar-refractivity contribution in [1.82, 2.24) is 0 Å². The van der Waals surface area contributed by atoms with Crippen molar-refractivity contribution in [2.24, 2.45) is 0 Å². The van der Waals surface area contributed by atoms with Crippen molar-refractivity contribution in [2.45, 2.75) is 33.1 Å². The summed E-state index contributed by atoms with van der Waals surface area (Å²) < 4.78 is 11.1. The maximum atomic E-state index is 12.3. The van der Waals surface area contributed by atoms with Crippen LogP contribution < -0.4 is 14.8 Å². The van der Waals surface area contributed by atoms with Crippen LogP contribution in [0.3, 0.4) is 0 Å². The van der Waals surface area contributed by atoms with Crippen LogP contribution in [0.4, 0.5) is 5.69 Å². The highest BCUT2D eigenvalue weighted by Gasteiger charge is 2.18. The van der Waals surface area contributed by atoms with Crippen molar-refractivity contribution in [1.29, 1.82) is 0 Å². The largest absolute Gasteiger partial charge is 0.490 e. The van der Waals surface area contributed by atoms with Gasteiger partial charge in [0.1, 0.15) is 0 Å². The fourth-order valence-electron chi connectivity index (χ4n) is 2.42. The molecule has 24 heavy (non-hydrogen) atoms. The summed E-state index contributed by atoms with van der Waals surface area (Å²) >= 11 is 0. The number of hydrogen-bond donors (Lipinski definition) is 1. The van der Waals surface area contributed by atoms with Gasteiger partial charge in [0.05, 0.1) is 6.61 Å². The molecule has 4 heteroatoms. The van der Waals surface area contributed by atoms with Crippen LogP contribution in [0.15, 0.2) is 48.5 Å². The first-order valence-corrected chi connectivity index (χ1v) is 8.16. The van der Waals surface area contributed by atoms with Crippen molar-refractivity contribution in [3.63, 3.8) is 0 Å². The summed E-state index contributed by atoms with van der Waals surface area (Å²) in [5.41, 5.74) is 1.86. The molecule has 0 aliphatic heterocycles. The predicted molar refractivity (Wildman–Crippen MR) is 96.9 cm³/mol. The van der Waals surface area contributed by atoms with E-state index in [1.165, 1.54) is 0 Å². The summed E-state index contributed by atoms with van der Waals surface area (Å²) in [5.74, 6) is 1.01. The summed E-state index contributed by atoms with van der Waals surface area (Å²) in [6, 6.07) is 15.2. The summed E-state index contributed by atoms with van der Waals surface area (Å²) in [4.78, 5) is 12.3. The predicted octanol–water partition coefficient (Wildman–Crippen LogP) is 4.40. The van der Waals surface area contributed by atoms with E-state index in [2.05, 4.69) is 26.1 Å². The van der Waals surface area contributed by atoms with E-state index in [-0.39, 0.29) is 17.9 Å². The van der Waals surface area contributed by atoms with Gasteiger partial charge in [0.15, 0.2) is 18.1 Å². The average molecular weight is 327 g/mol. The molecular weight excluding hydrogens is 302 g/mol. The van der Waals surface area contributed by atoms with E-state index in [0.717, 1.165) is 11.3 Å². The van der Waals surface area contributed by atoms with E-state index in [1.807, 2.05) is 49.4 Å². The van der Waals surface area contributed by atoms with Gasteiger partial charge in [-0.1, -0.05) is 51.1 Å². The molecule has 4 nitrogen and oxygen atoms in total. The molecule has 0 aliphatic rings. The molecular formula is C20H25NO3. The first-order chi connectivity index (χ1) is 11.4. The number of anilines is 1. The molecule has 2 aromatic rings. The van der Waals surface area contributed by atoms with Crippen molar-refractivity contribution in [2.75, 3.05) is 18.5 Å². The van der Waals surface area contributed by atoms with Gasteiger partial charge in [0, 0.05) is 5.69 Å². The minimum atomic E-state index is -0.196. The van der Waals surface area contributed by atoms with Crippen LogP contribution in [-0.2, 0) is 10.2 Å². The molecule has 1 N–H and O–H groups in total. The Morgan fingerprint density at radius 3 is 2.17 bits per heavy atom. The monoisotopic (exact) mass is 327 g/mol. The van der Waals surface area contributed by atoms with Gasteiger partial charge in [-0.3, -0.25) is 4.79 Å². The number of carbonyl (C=O) groups is 1. The second kappa shape index (κ2) is 7.86. The molecule has 0 radical (unpaired) electrons. The molecule has 0 fully saturated rings. The minimum absolute atomic E-state index is 0.0493. The minimum Gasteiger partial charge on any atom is -0.490 e. The highest BCUT2D eigenvalue weighted by Crippen LogP contribution is 2.29. The van der Waals surface area contributed by atoms with Crippen molar-refractivity contribution >= 4 is 11.6 Å². The van der Waals surface area contributed by atoms with Crippen LogP contribution in [-0.4, -0.2) is 19.1 Å². The van der Waals surface area contributed by atoms with Crippen molar-refractivity contribution in [3.8, 4) is 11.5 Å². The average Bonchev–Trinajstić information content (AvgIpc) is 2.54. The Morgan fingerprint density at radius 2 is 1.54 bits per heavy atom. The van der Waals surface area contributed by atoms with E-state index in [4.69, 9.17) is 9.47 Å². The molecule has 128 valence electrons. The second-order valence-corrected chi connectivity index (χ2v) is 6.51. The van der Waals surface area contributed by atoms with E-state index in [1.54, 1.807) is 6.07 Å². The van der Waals surface area contributed by atoms with Gasteiger partial charge in [0.25, 0.3) is 5.91 Å². The number of carbonyl (C=O) groups excluding carboxylic acids is 1. The normalized spacial score (nSPS) is 11.0. The Hall–Kier alpha value is -2.49. The Balaban J connectivity index is 2.03. The molecule has 0 saturated carbocycles. The zero-order valence-corrected chi connectivity index (χ0v) is 14.8. The first kappa shape index (κ1) is 17.9. The Morgan fingerprint density at radius 1 is 0.958 bits per heavy atom. The first-order valence-electron chi connectivity index (χ1n) is 8.16. The van der Waals surface area contributed by atoms with Crippen molar-refractivity contribution < 1.29 is 14.3 Å². The fraction of sp³-hybridized carbons (Fsp3) is 0.350. The number of nitrogens with one attached hydrogen (secondary N) is 1. The Kier molecular flexibility index (Phi) is 5.85. The van der Waals surface area contributed by atoms with Crippen molar-refractivity contribution in [3.05, 3.63) is 54.1 Å². The molecule has 2 aromatic carbocycles. The smallest absolute Gasteiger partial charge is 0.262 e. The number of rotatable bonds is 6. The molecule has 0 aromatic heterocycles. The fourth-order valence-corrected chi connectivity index (χ4v) is 2.42. The zero-order chi connectivity index (χ0) is 17.6. The highest BCUT2D eigenvalue weighted by molar-refractivity contribution is 5.92. The third kappa shape index (κ3) is 4.75. The number of amides is 1. The third-order valence-corrected chi connectivity index (χ3v) is 3.52. The van der Waals surface area contributed by atoms with Gasteiger partial charge in [-0.15, -0.1) is 0 Å². The third-order valence-electron chi connectivity index (χ3n) is 3.52. The topological polar surface area (TPSA) is 47.6 Å². The lowest BCUT2D eigenvalue weighted by Crippen LogP contribution is -2.23. The molecule has 1 amide bonds. The number of hydrogen-bond acceptors (Lipinski definition) is 3. The van der Waals surface area contributed by atoms with Crippen LogP contribution >= 0.6 is 0 Å². The summed E-state index contributed by atoms with van der Waals surface area (Å²) in [5, 5.41) is 2.93. The molecule has 0 saturated heterocycles. The van der Waals surface area contributed by atoms with E-state index in [0.29, 0.717) is 18.1 Å². The molecule has 2 rings (SSSR count). The van der Waals surface area contributed by atoms with E-state index in [9.17, 15) is 4.79 Å². The lowest BCUT2D eigenvalue weighted by Gasteiger charge is -2.23. The number of ether oxygens (including phenoxy) is 2. The molecule has 0 aliphatic carbocycles. The summed E-state index contributed by atoms with van der Waals surface area (Å²) in [6.45, 7) is 8.74. The molecule has 0 unspecified atom stereocenters. The second-order valence-electron chi connectivity index (χ2n) is 6.51. The van der Waals surface area contributed by atoms with Gasteiger partial charge in [-0.25, -0.2) is 0 Å². The molecule has 0 heterocycles. The maximum Gasteiger partial charge on any atom is 0.262 e. The van der Waals surface area contributed by atoms with Gasteiger partial charge < -0.3 is 14.8 Å². The Labute approximate surface area is 143 Å². The molecule has 0 bridgehead atoms. The molecule has 0 atom stereocenters. The van der Waals surface area contributed by atoms with E-state index >= 15 is 0 Å². The van der Waals surface area contributed by atoms with Gasteiger partial charge >= 0.3 is 0 Å². The van der Waals surface area contributed by atoms with Crippen LogP contribution in [0, 0.1) is 0 Å². The van der Waals surface area contributed by atoms with Crippen LogP contribution in [0.5, 0.6) is 11.5 Å². The summed E-state index contributed by atoms with van der Waals surface area (Å²) in [7, 11) is 0. The van der Waals surface area contributed by atoms with Gasteiger partial charge in [0.2, 0.25) is 0 Å². The van der Waals surface area contributed by atoms with E-state index < -0.39 is 0 Å². The van der Waals surface area contributed by atoms with Gasteiger partial charge in [-0.05, 0) is 36.1 Å². The highest BCUT2D eigenvalue weighted by atomic mass is 16.5. The molecule has 0 spiro atoms. The van der Waals surface area contributed by atoms with Crippen LogP contribution in [0.2, 0.25) is 0 Å². The van der Waals surface area contributed by atoms with Gasteiger partial charge in [-0.2, -0.15) is 0 Å². The summed E-state index contributed by atoms with van der Waals surface area (Å²) in [6.07, 6.45) is 0. The maximum absolute atomic E-state index is 12.3. The SMILES string of the molecule is CCOc1ccccc1OCC(=O)Nc1ccccc1C(C)(C)C. The lowest BCUT2D eigenvalue weighted by atomic mass is 9.86.